The number of anilines is 1. The Bertz CT molecular complexity index is 331. The standard InChI is InChI=1S/C12H18BrNO2/c1-9-3-10(13)5-11(4-9)14-6-12(2,7-15)8-16/h3-5,14-16H,6-8H2,1-2H3. The van der Waals surface area contributed by atoms with Gasteiger partial charge in [0, 0.05) is 22.1 Å². The van der Waals surface area contributed by atoms with E-state index < -0.39 is 5.41 Å². The molecule has 1 aromatic carbocycles. The molecule has 1 aromatic rings. The molecule has 0 fully saturated rings. The van der Waals surface area contributed by atoms with Crippen LogP contribution >= 0.6 is 15.9 Å². The van der Waals surface area contributed by atoms with Crippen molar-refractivity contribution in [3.05, 3.63) is 28.2 Å². The maximum atomic E-state index is 9.16. The van der Waals surface area contributed by atoms with Crippen molar-refractivity contribution >= 4 is 21.6 Å². The SMILES string of the molecule is Cc1cc(Br)cc(NCC(C)(CO)CO)c1. The van der Waals surface area contributed by atoms with Crippen LogP contribution in [-0.4, -0.2) is 30.0 Å². The van der Waals surface area contributed by atoms with E-state index in [1.165, 1.54) is 0 Å². The number of aliphatic hydroxyl groups is 2. The molecule has 0 amide bonds. The van der Waals surface area contributed by atoms with Gasteiger partial charge in [-0.3, -0.25) is 0 Å². The van der Waals surface area contributed by atoms with Gasteiger partial charge in [0.2, 0.25) is 0 Å². The number of aryl methyl sites for hydroxylation is 1. The fourth-order valence-corrected chi connectivity index (χ4v) is 1.92. The van der Waals surface area contributed by atoms with Gasteiger partial charge in [0.05, 0.1) is 13.2 Å². The summed E-state index contributed by atoms with van der Waals surface area (Å²) in [6.07, 6.45) is 0. The fourth-order valence-electron chi connectivity index (χ4n) is 1.32. The summed E-state index contributed by atoms with van der Waals surface area (Å²) >= 11 is 3.43. The molecule has 0 saturated heterocycles. The van der Waals surface area contributed by atoms with E-state index in [2.05, 4.69) is 21.2 Å². The average Bonchev–Trinajstić information content (AvgIpc) is 2.25. The molecule has 0 aliphatic carbocycles. The molecule has 0 spiro atoms. The predicted molar refractivity (Wildman–Crippen MR) is 69.6 cm³/mol. The summed E-state index contributed by atoms with van der Waals surface area (Å²) in [5.41, 5.74) is 1.66. The van der Waals surface area contributed by atoms with E-state index in [0.717, 1.165) is 15.7 Å². The van der Waals surface area contributed by atoms with Crippen LogP contribution in [0.15, 0.2) is 22.7 Å². The Morgan fingerprint density at radius 2 is 1.88 bits per heavy atom. The van der Waals surface area contributed by atoms with Crippen LogP contribution in [0.4, 0.5) is 5.69 Å². The smallest absolute Gasteiger partial charge is 0.0523 e. The Kier molecular flexibility index (Phi) is 4.77. The Morgan fingerprint density at radius 3 is 2.38 bits per heavy atom. The van der Waals surface area contributed by atoms with Gasteiger partial charge in [-0.2, -0.15) is 0 Å². The first-order valence-electron chi connectivity index (χ1n) is 5.22. The largest absolute Gasteiger partial charge is 0.396 e. The maximum Gasteiger partial charge on any atom is 0.0523 e. The van der Waals surface area contributed by atoms with Crippen molar-refractivity contribution in [2.75, 3.05) is 25.1 Å². The van der Waals surface area contributed by atoms with Crippen molar-refractivity contribution in [3.8, 4) is 0 Å². The van der Waals surface area contributed by atoms with Gasteiger partial charge in [0.25, 0.3) is 0 Å². The molecule has 0 aliphatic rings. The quantitative estimate of drug-likeness (QED) is 0.778. The van der Waals surface area contributed by atoms with Crippen LogP contribution in [0.1, 0.15) is 12.5 Å². The van der Waals surface area contributed by atoms with Crippen LogP contribution in [0.5, 0.6) is 0 Å². The zero-order chi connectivity index (χ0) is 12.2. The highest BCUT2D eigenvalue weighted by Gasteiger charge is 2.21. The molecular formula is C12H18BrNO2. The third-order valence-electron chi connectivity index (χ3n) is 2.52. The first kappa shape index (κ1) is 13.5. The van der Waals surface area contributed by atoms with Crippen molar-refractivity contribution in [3.63, 3.8) is 0 Å². The minimum absolute atomic E-state index is 0.0382. The van der Waals surface area contributed by atoms with Crippen molar-refractivity contribution in [2.45, 2.75) is 13.8 Å². The molecule has 0 radical (unpaired) electrons. The second kappa shape index (κ2) is 5.66. The number of benzene rings is 1. The Morgan fingerprint density at radius 1 is 1.25 bits per heavy atom. The van der Waals surface area contributed by atoms with Gasteiger partial charge in [-0.1, -0.05) is 22.9 Å². The van der Waals surface area contributed by atoms with Crippen molar-refractivity contribution in [1.82, 2.24) is 0 Å². The Hall–Kier alpha value is -0.580. The molecule has 1 rings (SSSR count). The summed E-state index contributed by atoms with van der Waals surface area (Å²) in [5, 5.41) is 21.5. The number of nitrogens with one attached hydrogen (secondary N) is 1. The molecule has 0 unspecified atom stereocenters. The molecule has 0 heterocycles. The second-order valence-corrected chi connectivity index (χ2v) is 5.41. The molecule has 90 valence electrons. The van der Waals surface area contributed by atoms with E-state index in [1.54, 1.807) is 0 Å². The van der Waals surface area contributed by atoms with Gasteiger partial charge in [0.15, 0.2) is 0 Å². The third-order valence-corrected chi connectivity index (χ3v) is 2.98. The van der Waals surface area contributed by atoms with E-state index in [-0.39, 0.29) is 13.2 Å². The van der Waals surface area contributed by atoms with Crippen LogP contribution in [0.2, 0.25) is 0 Å². The highest BCUT2D eigenvalue weighted by Crippen LogP contribution is 2.21. The number of rotatable bonds is 5. The third kappa shape index (κ3) is 3.77. The lowest BCUT2D eigenvalue weighted by atomic mass is 9.93. The topological polar surface area (TPSA) is 52.5 Å². The molecule has 0 atom stereocenters. The summed E-state index contributed by atoms with van der Waals surface area (Å²) in [6, 6.07) is 6.03. The lowest BCUT2D eigenvalue weighted by molar-refractivity contribution is 0.0806. The second-order valence-electron chi connectivity index (χ2n) is 4.50. The monoisotopic (exact) mass is 287 g/mol. The van der Waals surface area contributed by atoms with E-state index in [4.69, 9.17) is 10.2 Å². The van der Waals surface area contributed by atoms with Gasteiger partial charge in [-0.05, 0) is 30.7 Å². The van der Waals surface area contributed by atoms with Gasteiger partial charge < -0.3 is 15.5 Å². The summed E-state index contributed by atoms with van der Waals surface area (Å²) in [7, 11) is 0. The number of halogens is 1. The zero-order valence-corrected chi connectivity index (χ0v) is 11.2. The lowest BCUT2D eigenvalue weighted by Crippen LogP contribution is -2.34. The Balaban J connectivity index is 2.67. The van der Waals surface area contributed by atoms with E-state index in [0.29, 0.717) is 6.54 Å². The van der Waals surface area contributed by atoms with Crippen molar-refractivity contribution in [2.24, 2.45) is 5.41 Å². The summed E-state index contributed by atoms with van der Waals surface area (Å²) < 4.78 is 1.02. The molecule has 16 heavy (non-hydrogen) atoms. The first-order chi connectivity index (χ1) is 7.49. The molecule has 0 aromatic heterocycles. The molecular weight excluding hydrogens is 270 g/mol. The van der Waals surface area contributed by atoms with Crippen molar-refractivity contribution < 1.29 is 10.2 Å². The van der Waals surface area contributed by atoms with Crippen LogP contribution in [0.25, 0.3) is 0 Å². The number of hydrogen-bond donors (Lipinski definition) is 3. The molecule has 0 bridgehead atoms. The van der Waals surface area contributed by atoms with Crippen LogP contribution in [-0.2, 0) is 0 Å². The highest BCUT2D eigenvalue weighted by molar-refractivity contribution is 9.10. The van der Waals surface area contributed by atoms with E-state index in [1.807, 2.05) is 32.0 Å². The normalized spacial score (nSPS) is 11.6. The van der Waals surface area contributed by atoms with Gasteiger partial charge in [0.1, 0.15) is 0 Å². The predicted octanol–water partition coefficient (Wildman–Crippen LogP) is 2.16. The van der Waals surface area contributed by atoms with Crippen molar-refractivity contribution in [1.29, 1.82) is 0 Å². The van der Waals surface area contributed by atoms with Gasteiger partial charge in [-0.15, -0.1) is 0 Å². The molecule has 0 saturated carbocycles. The fraction of sp³-hybridized carbons (Fsp3) is 0.500. The molecule has 3 nitrogen and oxygen atoms in total. The summed E-state index contributed by atoms with van der Waals surface area (Å²) in [5.74, 6) is 0. The summed E-state index contributed by atoms with van der Waals surface area (Å²) in [6.45, 7) is 4.32. The first-order valence-corrected chi connectivity index (χ1v) is 6.01. The molecule has 4 heteroatoms. The highest BCUT2D eigenvalue weighted by atomic mass is 79.9. The minimum Gasteiger partial charge on any atom is -0.396 e. The number of aliphatic hydroxyl groups excluding tert-OH is 2. The van der Waals surface area contributed by atoms with Crippen LogP contribution < -0.4 is 5.32 Å². The van der Waals surface area contributed by atoms with E-state index >= 15 is 0 Å². The lowest BCUT2D eigenvalue weighted by Gasteiger charge is -2.25. The molecule has 0 aliphatic heterocycles. The van der Waals surface area contributed by atoms with E-state index in [9.17, 15) is 0 Å². The van der Waals surface area contributed by atoms with Crippen LogP contribution in [0, 0.1) is 12.3 Å². The minimum atomic E-state index is -0.490. The Labute approximate surface area is 105 Å². The maximum absolute atomic E-state index is 9.16. The van der Waals surface area contributed by atoms with Crippen LogP contribution in [0.3, 0.4) is 0 Å². The molecule has 3 N–H and O–H groups in total. The van der Waals surface area contributed by atoms with Gasteiger partial charge in [-0.25, -0.2) is 0 Å². The average molecular weight is 288 g/mol. The van der Waals surface area contributed by atoms with Gasteiger partial charge >= 0.3 is 0 Å². The number of hydrogen-bond acceptors (Lipinski definition) is 3. The zero-order valence-electron chi connectivity index (χ0n) is 9.63. The summed E-state index contributed by atoms with van der Waals surface area (Å²) in [4.78, 5) is 0.